The fourth-order valence-electron chi connectivity index (χ4n) is 5.08. The molecular weight excluding hydrogens is 528 g/mol. The topological polar surface area (TPSA) is 74.4 Å². The Kier molecular flexibility index (Phi) is 8.36. The van der Waals surface area contributed by atoms with Gasteiger partial charge in [-0.2, -0.15) is 26.3 Å². The van der Waals surface area contributed by atoms with E-state index in [1.807, 2.05) is 24.3 Å². The van der Waals surface area contributed by atoms with Crippen LogP contribution in [-0.4, -0.2) is 61.0 Å². The third-order valence-electron chi connectivity index (χ3n) is 6.95. The molecular formula is C27H27F6N3O3. The first-order valence-corrected chi connectivity index (χ1v) is 12.3. The molecule has 39 heavy (non-hydrogen) atoms. The first-order valence-electron chi connectivity index (χ1n) is 12.3. The number of rotatable bonds is 8. The summed E-state index contributed by atoms with van der Waals surface area (Å²) in [5.74, 6) is -2.36. The van der Waals surface area contributed by atoms with E-state index in [1.165, 1.54) is 7.11 Å². The number of esters is 1. The van der Waals surface area contributed by atoms with E-state index in [-0.39, 0.29) is 18.9 Å². The summed E-state index contributed by atoms with van der Waals surface area (Å²) in [4.78, 5) is 31.2. The number of ether oxygens (including phenoxy) is 1. The summed E-state index contributed by atoms with van der Waals surface area (Å²) in [6, 6.07) is 7.05. The van der Waals surface area contributed by atoms with Gasteiger partial charge in [-0.05, 0) is 42.2 Å². The molecule has 1 saturated heterocycles. The van der Waals surface area contributed by atoms with Gasteiger partial charge in [0, 0.05) is 48.8 Å². The minimum atomic E-state index is -5.10. The Bertz CT molecular complexity index is 1300. The van der Waals surface area contributed by atoms with Crippen LogP contribution in [0, 0.1) is 5.92 Å². The first kappa shape index (κ1) is 28.6. The Hall–Kier alpha value is -3.38. The van der Waals surface area contributed by atoms with Crippen LogP contribution in [0.15, 0.2) is 48.7 Å². The summed E-state index contributed by atoms with van der Waals surface area (Å²) in [5, 5.41) is 3.95. The second-order valence-electron chi connectivity index (χ2n) is 9.49. The van der Waals surface area contributed by atoms with Gasteiger partial charge in [0.05, 0.1) is 30.7 Å². The lowest BCUT2D eigenvalue weighted by atomic mass is 9.83. The monoisotopic (exact) mass is 555 g/mol. The van der Waals surface area contributed by atoms with Crippen LogP contribution >= 0.6 is 0 Å². The number of nitrogens with zero attached hydrogens (tertiary/aromatic N) is 1. The molecule has 1 aliphatic heterocycles. The minimum Gasteiger partial charge on any atom is -0.469 e. The molecule has 2 heterocycles. The Morgan fingerprint density at radius 3 is 2.18 bits per heavy atom. The molecule has 12 heteroatoms. The highest BCUT2D eigenvalue weighted by Gasteiger charge is 2.41. The number of nitrogens with one attached hydrogen (secondary N) is 2. The largest absolute Gasteiger partial charge is 0.469 e. The number of halogens is 6. The number of ketones is 1. The van der Waals surface area contributed by atoms with Gasteiger partial charge in [-0.3, -0.25) is 14.5 Å². The molecule has 6 nitrogen and oxygen atoms in total. The molecule has 2 N–H and O–H groups in total. The van der Waals surface area contributed by atoms with Crippen molar-refractivity contribution >= 4 is 22.7 Å². The maximum absolute atomic E-state index is 13.9. The Labute approximate surface area is 220 Å². The number of hydrogen-bond acceptors (Lipinski definition) is 5. The highest BCUT2D eigenvalue weighted by molar-refractivity contribution is 6.01. The fourth-order valence-corrected chi connectivity index (χ4v) is 5.08. The number of carbonyl (C=O) groups excluding carboxylic acids is 2. The van der Waals surface area contributed by atoms with E-state index >= 15 is 0 Å². The van der Waals surface area contributed by atoms with Crippen LogP contribution in [0.1, 0.15) is 33.5 Å². The van der Waals surface area contributed by atoms with Gasteiger partial charge in [-0.1, -0.05) is 18.2 Å². The lowest BCUT2D eigenvalue weighted by Crippen LogP contribution is -2.54. The molecule has 210 valence electrons. The average Bonchev–Trinajstić information content (AvgIpc) is 3.30. The van der Waals surface area contributed by atoms with Crippen molar-refractivity contribution in [2.24, 2.45) is 5.92 Å². The predicted octanol–water partition coefficient (Wildman–Crippen LogP) is 5.08. The first-order chi connectivity index (χ1) is 18.4. The van der Waals surface area contributed by atoms with Crippen molar-refractivity contribution in [2.45, 2.75) is 31.2 Å². The van der Waals surface area contributed by atoms with Crippen molar-refractivity contribution in [2.75, 3.05) is 33.3 Å². The van der Waals surface area contributed by atoms with Gasteiger partial charge in [-0.25, -0.2) is 0 Å². The van der Waals surface area contributed by atoms with Crippen molar-refractivity contribution in [1.29, 1.82) is 0 Å². The molecule has 1 aliphatic rings. The van der Waals surface area contributed by atoms with Crippen LogP contribution < -0.4 is 5.32 Å². The summed E-state index contributed by atoms with van der Waals surface area (Å²) in [5.41, 5.74) is -2.29. The van der Waals surface area contributed by atoms with Crippen molar-refractivity contribution in [3.63, 3.8) is 0 Å². The minimum absolute atomic E-state index is 0.00548. The van der Waals surface area contributed by atoms with Crippen LogP contribution in [0.25, 0.3) is 10.9 Å². The molecule has 0 amide bonds. The van der Waals surface area contributed by atoms with Gasteiger partial charge in [-0.15, -0.1) is 0 Å². The van der Waals surface area contributed by atoms with E-state index in [0.717, 1.165) is 16.5 Å². The van der Waals surface area contributed by atoms with Crippen molar-refractivity contribution in [3.8, 4) is 0 Å². The lowest BCUT2D eigenvalue weighted by Gasteiger charge is -2.38. The quantitative estimate of drug-likeness (QED) is 0.230. The number of methoxy groups -OCH3 is 1. The van der Waals surface area contributed by atoms with Gasteiger partial charge < -0.3 is 15.0 Å². The molecule has 2 aromatic carbocycles. The van der Waals surface area contributed by atoms with Crippen LogP contribution in [0.2, 0.25) is 0 Å². The maximum Gasteiger partial charge on any atom is 0.416 e. The van der Waals surface area contributed by atoms with E-state index in [2.05, 4.69) is 10.3 Å². The van der Waals surface area contributed by atoms with Crippen molar-refractivity contribution in [1.82, 2.24) is 15.2 Å². The number of fused-ring (bicyclic) bond motifs is 1. The molecule has 0 spiro atoms. The zero-order valence-corrected chi connectivity index (χ0v) is 21.0. The number of aromatic nitrogens is 1. The van der Waals surface area contributed by atoms with Crippen LogP contribution in [-0.2, 0) is 28.3 Å². The summed E-state index contributed by atoms with van der Waals surface area (Å²) >= 11 is 0. The van der Waals surface area contributed by atoms with Crippen LogP contribution in [0.3, 0.4) is 0 Å². The Morgan fingerprint density at radius 1 is 0.974 bits per heavy atom. The zero-order chi connectivity index (χ0) is 28.4. The van der Waals surface area contributed by atoms with Crippen LogP contribution in [0.4, 0.5) is 26.3 Å². The molecule has 4 rings (SSSR count). The van der Waals surface area contributed by atoms with Gasteiger partial charge in [0.1, 0.15) is 0 Å². The number of hydrogen-bond donors (Lipinski definition) is 2. The van der Waals surface area contributed by atoms with E-state index < -0.39 is 52.8 Å². The standard InChI is InChI=1S/C27H27F6N3O3/c1-39-23(37)13-16(10-18-15-35-22-5-3-2-4-21(18)22)24(36-8-6-34-7-9-36)25(38)17-11-19(26(28,29)30)14-20(12-17)27(31,32)33/h2-5,11-12,14-16,24,34-35H,6-10,13H2,1H3. The van der Waals surface area contributed by atoms with E-state index in [0.29, 0.717) is 38.3 Å². The van der Waals surface area contributed by atoms with E-state index in [1.54, 1.807) is 11.1 Å². The number of para-hydroxylation sites is 1. The second kappa shape index (κ2) is 11.4. The molecule has 1 fully saturated rings. The third kappa shape index (κ3) is 6.62. The predicted molar refractivity (Wildman–Crippen MR) is 131 cm³/mol. The molecule has 2 atom stereocenters. The normalized spacial score (nSPS) is 16.7. The van der Waals surface area contributed by atoms with Gasteiger partial charge in [0.2, 0.25) is 0 Å². The van der Waals surface area contributed by atoms with Crippen molar-refractivity contribution < 1.29 is 40.7 Å². The number of Topliss-reactive ketones (excluding diaryl/α,β-unsaturated/α-hetero) is 1. The average molecular weight is 556 g/mol. The molecule has 0 aliphatic carbocycles. The molecule has 0 saturated carbocycles. The summed E-state index contributed by atoms with van der Waals surface area (Å²) in [6.07, 6.45) is -8.58. The lowest BCUT2D eigenvalue weighted by molar-refractivity contribution is -0.143. The fraction of sp³-hybridized carbons (Fsp3) is 0.407. The van der Waals surface area contributed by atoms with E-state index in [4.69, 9.17) is 4.74 Å². The summed E-state index contributed by atoms with van der Waals surface area (Å²) in [6.45, 7) is 1.54. The summed E-state index contributed by atoms with van der Waals surface area (Å²) < 4.78 is 86.3. The number of benzene rings is 2. The number of carbonyl (C=O) groups is 2. The molecule has 2 unspecified atom stereocenters. The van der Waals surface area contributed by atoms with Crippen molar-refractivity contribution in [3.05, 3.63) is 70.9 Å². The van der Waals surface area contributed by atoms with Gasteiger partial charge in [0.15, 0.2) is 5.78 Å². The Balaban J connectivity index is 1.82. The van der Waals surface area contributed by atoms with Crippen LogP contribution in [0.5, 0.6) is 0 Å². The molecule has 1 aromatic heterocycles. The van der Waals surface area contributed by atoms with E-state index in [9.17, 15) is 35.9 Å². The number of aromatic amines is 1. The third-order valence-corrected chi connectivity index (χ3v) is 6.95. The summed E-state index contributed by atoms with van der Waals surface area (Å²) in [7, 11) is 1.18. The number of H-pyrrole nitrogens is 1. The number of alkyl halides is 6. The highest BCUT2D eigenvalue weighted by atomic mass is 19.4. The van der Waals surface area contributed by atoms with Gasteiger partial charge >= 0.3 is 18.3 Å². The molecule has 0 radical (unpaired) electrons. The maximum atomic E-state index is 13.9. The molecule has 0 bridgehead atoms. The zero-order valence-electron chi connectivity index (χ0n) is 21.0. The Morgan fingerprint density at radius 2 is 1.59 bits per heavy atom. The van der Waals surface area contributed by atoms with Gasteiger partial charge in [0.25, 0.3) is 0 Å². The highest BCUT2D eigenvalue weighted by Crippen LogP contribution is 2.37. The molecule has 3 aromatic rings. The smallest absolute Gasteiger partial charge is 0.416 e. The SMILES string of the molecule is COC(=O)CC(Cc1c[nH]c2ccccc12)C(C(=O)c1cc(C(F)(F)F)cc(C(F)(F)F)c1)N1CCNCC1. The number of piperazine rings is 1. The second-order valence-corrected chi connectivity index (χ2v) is 9.49.